The molecule has 2 N–H and O–H groups in total. The van der Waals surface area contributed by atoms with Crippen LogP contribution in [-0.2, 0) is 0 Å². The topological polar surface area (TPSA) is 38.9 Å². The number of pyridine rings is 1. The number of rotatable bonds is 2. The molecule has 1 atom stereocenters. The van der Waals surface area contributed by atoms with E-state index < -0.39 is 0 Å². The standard InChI is InChI=1S/C14H15ClN2/c1-9-4-3-5-11-8-12(7-6-10(2)16)14(15)17-13(9)11/h3-8,10H,16H2,1-2H3/b7-6+. The zero-order chi connectivity index (χ0) is 12.4. The number of hydrogen-bond donors (Lipinski definition) is 1. The van der Waals surface area contributed by atoms with Gasteiger partial charge in [0.25, 0.3) is 0 Å². The van der Waals surface area contributed by atoms with Crippen molar-refractivity contribution in [2.24, 2.45) is 5.73 Å². The number of nitrogens with two attached hydrogens (primary N) is 1. The largest absolute Gasteiger partial charge is 0.325 e. The lowest BCUT2D eigenvalue weighted by molar-refractivity contribution is 0.931. The number of aryl methyl sites for hydroxylation is 1. The summed E-state index contributed by atoms with van der Waals surface area (Å²) >= 11 is 6.16. The van der Waals surface area contributed by atoms with Crippen LogP contribution >= 0.6 is 11.6 Å². The van der Waals surface area contributed by atoms with Gasteiger partial charge in [0, 0.05) is 17.0 Å². The lowest BCUT2D eigenvalue weighted by atomic mass is 10.1. The molecule has 0 saturated heterocycles. The second-order valence-corrected chi connectivity index (χ2v) is 4.59. The third kappa shape index (κ3) is 2.65. The van der Waals surface area contributed by atoms with Gasteiger partial charge in [0.05, 0.1) is 5.52 Å². The Kier molecular flexibility index (Phi) is 3.46. The summed E-state index contributed by atoms with van der Waals surface area (Å²) in [7, 11) is 0. The summed E-state index contributed by atoms with van der Waals surface area (Å²) < 4.78 is 0. The summed E-state index contributed by atoms with van der Waals surface area (Å²) in [6.07, 6.45) is 3.83. The highest BCUT2D eigenvalue weighted by atomic mass is 35.5. The van der Waals surface area contributed by atoms with E-state index in [-0.39, 0.29) is 6.04 Å². The Balaban J connectivity index is 2.56. The van der Waals surface area contributed by atoms with Gasteiger partial charge >= 0.3 is 0 Å². The maximum absolute atomic E-state index is 6.16. The van der Waals surface area contributed by atoms with Gasteiger partial charge in [0.1, 0.15) is 5.15 Å². The molecule has 2 rings (SSSR count). The third-order valence-corrected chi connectivity index (χ3v) is 2.91. The van der Waals surface area contributed by atoms with E-state index in [0.29, 0.717) is 5.15 Å². The van der Waals surface area contributed by atoms with Crippen molar-refractivity contribution < 1.29 is 0 Å². The van der Waals surface area contributed by atoms with Crippen molar-refractivity contribution in [1.82, 2.24) is 4.98 Å². The van der Waals surface area contributed by atoms with Crippen molar-refractivity contribution in [3.05, 3.63) is 46.6 Å². The molecule has 88 valence electrons. The Morgan fingerprint density at radius 3 is 2.88 bits per heavy atom. The van der Waals surface area contributed by atoms with Crippen LogP contribution in [0.5, 0.6) is 0 Å². The molecule has 1 heterocycles. The molecule has 1 aromatic heterocycles. The molecular weight excluding hydrogens is 232 g/mol. The van der Waals surface area contributed by atoms with Crippen LogP contribution in [-0.4, -0.2) is 11.0 Å². The summed E-state index contributed by atoms with van der Waals surface area (Å²) in [5.74, 6) is 0. The van der Waals surface area contributed by atoms with Crippen molar-refractivity contribution in [3.8, 4) is 0 Å². The summed E-state index contributed by atoms with van der Waals surface area (Å²) in [4.78, 5) is 4.43. The minimum atomic E-state index is 0.0132. The summed E-state index contributed by atoms with van der Waals surface area (Å²) in [6.45, 7) is 3.95. The molecular formula is C14H15ClN2. The number of aromatic nitrogens is 1. The van der Waals surface area contributed by atoms with Crippen molar-refractivity contribution >= 4 is 28.6 Å². The van der Waals surface area contributed by atoms with Gasteiger partial charge in [-0.1, -0.05) is 42.0 Å². The Bertz CT molecular complexity index is 574. The van der Waals surface area contributed by atoms with Crippen LogP contribution in [0.25, 0.3) is 17.0 Å². The fraction of sp³-hybridized carbons (Fsp3) is 0.214. The van der Waals surface area contributed by atoms with Gasteiger partial charge in [-0.15, -0.1) is 0 Å². The van der Waals surface area contributed by atoms with E-state index in [2.05, 4.69) is 4.98 Å². The second kappa shape index (κ2) is 4.86. The Morgan fingerprint density at radius 1 is 1.41 bits per heavy atom. The molecule has 0 bridgehead atoms. The molecule has 17 heavy (non-hydrogen) atoms. The quantitative estimate of drug-likeness (QED) is 0.823. The van der Waals surface area contributed by atoms with Crippen LogP contribution < -0.4 is 5.73 Å². The highest BCUT2D eigenvalue weighted by molar-refractivity contribution is 6.31. The highest BCUT2D eigenvalue weighted by Crippen LogP contribution is 2.23. The minimum absolute atomic E-state index is 0.0132. The third-order valence-electron chi connectivity index (χ3n) is 2.61. The zero-order valence-electron chi connectivity index (χ0n) is 9.94. The summed E-state index contributed by atoms with van der Waals surface area (Å²) in [5.41, 5.74) is 8.67. The molecule has 0 aliphatic carbocycles. The monoisotopic (exact) mass is 246 g/mol. The number of benzene rings is 1. The first-order chi connectivity index (χ1) is 8.08. The Hall–Kier alpha value is -1.38. The van der Waals surface area contributed by atoms with E-state index in [1.807, 2.05) is 50.3 Å². The molecule has 1 unspecified atom stereocenters. The highest BCUT2D eigenvalue weighted by Gasteiger charge is 2.04. The fourth-order valence-corrected chi connectivity index (χ4v) is 1.92. The SMILES string of the molecule is Cc1cccc2cc(/C=C/C(C)N)c(Cl)nc12. The molecule has 2 nitrogen and oxygen atoms in total. The molecule has 0 fully saturated rings. The predicted octanol–water partition coefficient (Wildman–Crippen LogP) is 3.56. The summed E-state index contributed by atoms with van der Waals surface area (Å²) in [5, 5.41) is 1.61. The molecule has 0 aliphatic heterocycles. The van der Waals surface area contributed by atoms with Crippen LogP contribution in [0.2, 0.25) is 5.15 Å². The van der Waals surface area contributed by atoms with Crippen LogP contribution in [0.15, 0.2) is 30.3 Å². The predicted molar refractivity (Wildman–Crippen MR) is 74.2 cm³/mol. The Labute approximate surface area is 106 Å². The smallest absolute Gasteiger partial charge is 0.136 e. The molecule has 0 spiro atoms. The minimum Gasteiger partial charge on any atom is -0.325 e. The second-order valence-electron chi connectivity index (χ2n) is 4.23. The molecule has 2 aromatic rings. The molecule has 0 saturated carbocycles. The summed E-state index contributed by atoms with van der Waals surface area (Å²) in [6, 6.07) is 8.14. The first-order valence-corrected chi connectivity index (χ1v) is 5.95. The molecule has 0 aliphatic rings. The Morgan fingerprint density at radius 2 is 2.18 bits per heavy atom. The fourth-order valence-electron chi connectivity index (χ4n) is 1.71. The number of fused-ring (bicyclic) bond motifs is 1. The number of halogens is 1. The van der Waals surface area contributed by atoms with Crippen LogP contribution in [0.3, 0.4) is 0 Å². The van der Waals surface area contributed by atoms with Crippen LogP contribution in [0, 0.1) is 6.92 Å². The van der Waals surface area contributed by atoms with E-state index in [4.69, 9.17) is 17.3 Å². The molecule has 1 aromatic carbocycles. The van der Waals surface area contributed by atoms with Crippen molar-refractivity contribution in [3.63, 3.8) is 0 Å². The average molecular weight is 247 g/mol. The van der Waals surface area contributed by atoms with Crippen LogP contribution in [0.4, 0.5) is 0 Å². The van der Waals surface area contributed by atoms with Gasteiger partial charge in [-0.2, -0.15) is 0 Å². The van der Waals surface area contributed by atoms with E-state index >= 15 is 0 Å². The van der Waals surface area contributed by atoms with Gasteiger partial charge < -0.3 is 5.73 Å². The molecule has 0 radical (unpaired) electrons. The lowest BCUT2D eigenvalue weighted by Crippen LogP contribution is -2.09. The average Bonchev–Trinajstić information content (AvgIpc) is 2.28. The first kappa shape index (κ1) is 12.1. The molecule has 0 amide bonds. The maximum Gasteiger partial charge on any atom is 0.136 e. The lowest BCUT2D eigenvalue weighted by Gasteiger charge is -2.05. The first-order valence-electron chi connectivity index (χ1n) is 5.57. The van der Waals surface area contributed by atoms with Crippen LogP contribution in [0.1, 0.15) is 18.1 Å². The normalized spacial score (nSPS) is 13.4. The number of hydrogen-bond acceptors (Lipinski definition) is 2. The molecule has 3 heteroatoms. The van der Waals surface area contributed by atoms with Gasteiger partial charge in [-0.05, 0) is 25.5 Å². The van der Waals surface area contributed by atoms with E-state index in [1.54, 1.807) is 0 Å². The zero-order valence-corrected chi connectivity index (χ0v) is 10.7. The van der Waals surface area contributed by atoms with E-state index in [1.165, 1.54) is 0 Å². The number of nitrogens with zero attached hydrogens (tertiary/aromatic N) is 1. The van der Waals surface area contributed by atoms with E-state index in [0.717, 1.165) is 22.0 Å². The number of para-hydroxylation sites is 1. The van der Waals surface area contributed by atoms with Crippen molar-refractivity contribution in [1.29, 1.82) is 0 Å². The van der Waals surface area contributed by atoms with Gasteiger partial charge in [0.15, 0.2) is 0 Å². The van der Waals surface area contributed by atoms with E-state index in [9.17, 15) is 0 Å². The van der Waals surface area contributed by atoms with Gasteiger partial charge in [-0.25, -0.2) is 4.98 Å². The van der Waals surface area contributed by atoms with Gasteiger partial charge in [0.2, 0.25) is 0 Å². The van der Waals surface area contributed by atoms with Crippen molar-refractivity contribution in [2.75, 3.05) is 0 Å². The van der Waals surface area contributed by atoms with Crippen molar-refractivity contribution in [2.45, 2.75) is 19.9 Å². The maximum atomic E-state index is 6.16. The van der Waals surface area contributed by atoms with Gasteiger partial charge in [-0.3, -0.25) is 0 Å².